The topological polar surface area (TPSA) is 110 Å². The third kappa shape index (κ3) is 8.10. The Morgan fingerprint density at radius 2 is 1.09 bits per heavy atom. The van der Waals surface area contributed by atoms with Crippen molar-refractivity contribution in [3.63, 3.8) is 0 Å². The van der Waals surface area contributed by atoms with Crippen molar-refractivity contribution in [1.29, 1.82) is 0 Å². The molecule has 1 N–H and O–H groups in total. The normalized spacial score (nSPS) is 19.8. The first-order chi connectivity index (χ1) is 32.3. The molecule has 1 fully saturated rings. The minimum absolute atomic E-state index is 0.0329. The van der Waals surface area contributed by atoms with Gasteiger partial charge in [-0.05, 0) is 68.0 Å². The number of carbonyl (C=O) groups is 1. The van der Waals surface area contributed by atoms with Crippen LogP contribution in [0.4, 0.5) is 14.7 Å². The van der Waals surface area contributed by atoms with E-state index in [9.17, 15) is 4.79 Å². The second-order valence-corrected chi connectivity index (χ2v) is 17.6. The van der Waals surface area contributed by atoms with E-state index in [0.717, 1.165) is 23.6 Å². The first-order valence-corrected chi connectivity index (χ1v) is 22.3. The maximum Gasteiger partial charge on any atom is 0.375 e. The van der Waals surface area contributed by atoms with E-state index < -0.39 is 46.6 Å². The van der Waals surface area contributed by atoms with Gasteiger partial charge in [-0.2, -0.15) is 14.4 Å². The number of imidazole rings is 1. The zero-order chi connectivity index (χ0) is 46.9. The van der Waals surface area contributed by atoms with Gasteiger partial charge in [0.25, 0.3) is 0 Å². The van der Waals surface area contributed by atoms with Gasteiger partial charge >= 0.3 is 11.8 Å². The largest absolute Gasteiger partial charge is 0.476 e. The third-order valence-electron chi connectivity index (χ3n) is 12.0. The summed E-state index contributed by atoms with van der Waals surface area (Å²) in [7, 11) is 0. The van der Waals surface area contributed by atoms with Gasteiger partial charge < -0.3 is 24.3 Å². The van der Waals surface area contributed by atoms with E-state index in [1.54, 1.807) is 27.7 Å². The number of rotatable bonds is 14. The highest BCUT2D eigenvalue weighted by molar-refractivity contribution is 5.81. The molecular formula is C55H51F2N5O5. The van der Waals surface area contributed by atoms with Crippen LogP contribution in [-0.2, 0) is 30.1 Å². The fourth-order valence-corrected chi connectivity index (χ4v) is 9.06. The first kappa shape index (κ1) is 44.9. The lowest BCUT2D eigenvalue weighted by Crippen LogP contribution is -2.56. The van der Waals surface area contributed by atoms with Crippen LogP contribution in [0.25, 0.3) is 11.2 Å². The molecular weight excluding hydrogens is 849 g/mol. The predicted octanol–water partition coefficient (Wildman–Crippen LogP) is 11.3. The fraction of sp³-hybridized carbons (Fsp3) is 0.236. The summed E-state index contributed by atoms with van der Waals surface area (Å²) in [5.74, 6) is -4.84. The molecule has 3 heterocycles. The van der Waals surface area contributed by atoms with Gasteiger partial charge in [0.2, 0.25) is 11.8 Å². The molecule has 0 spiro atoms. The zero-order valence-electron chi connectivity index (χ0n) is 37.8. The second-order valence-electron chi connectivity index (χ2n) is 17.6. The van der Waals surface area contributed by atoms with E-state index in [2.05, 4.69) is 10.3 Å². The predicted molar refractivity (Wildman–Crippen MR) is 253 cm³/mol. The van der Waals surface area contributed by atoms with E-state index in [4.69, 9.17) is 28.9 Å². The van der Waals surface area contributed by atoms with E-state index in [0.29, 0.717) is 16.7 Å². The molecule has 8 aromatic rings. The summed E-state index contributed by atoms with van der Waals surface area (Å²) in [6.07, 6.45) is -2.91. The number of hydrogen-bond acceptors (Lipinski definition) is 9. The molecule has 1 aliphatic rings. The molecule has 0 amide bonds. The van der Waals surface area contributed by atoms with Crippen molar-refractivity contribution < 1.29 is 32.5 Å². The van der Waals surface area contributed by atoms with Crippen LogP contribution in [0.5, 0.6) is 5.88 Å². The highest BCUT2D eigenvalue weighted by atomic mass is 19.2. The number of nitrogens with zero attached hydrogens (tertiary/aromatic N) is 4. The van der Waals surface area contributed by atoms with Crippen LogP contribution in [0.15, 0.2) is 188 Å². The summed E-state index contributed by atoms with van der Waals surface area (Å²) >= 11 is 0. The Hall–Kier alpha value is -7.28. The Morgan fingerprint density at radius 1 is 0.672 bits per heavy atom. The highest BCUT2D eigenvalue weighted by Gasteiger charge is 2.72. The van der Waals surface area contributed by atoms with Crippen molar-refractivity contribution in [2.45, 2.75) is 75.2 Å². The van der Waals surface area contributed by atoms with Crippen LogP contribution in [-0.4, -0.2) is 55.3 Å². The summed E-state index contributed by atoms with van der Waals surface area (Å²) in [6.45, 7) is 7.94. The molecule has 4 atom stereocenters. The molecule has 2 aromatic heterocycles. The molecule has 67 heavy (non-hydrogen) atoms. The molecule has 10 nitrogen and oxygen atoms in total. The van der Waals surface area contributed by atoms with Crippen LogP contribution < -0.4 is 10.1 Å². The maximum atomic E-state index is 18.8. The van der Waals surface area contributed by atoms with E-state index in [-0.39, 0.29) is 29.6 Å². The Bertz CT molecular complexity index is 2750. The smallest absolute Gasteiger partial charge is 0.375 e. The van der Waals surface area contributed by atoms with Gasteiger partial charge in [0.1, 0.15) is 16.7 Å². The molecule has 0 saturated carbocycles. The van der Waals surface area contributed by atoms with Crippen molar-refractivity contribution in [3.8, 4) is 5.88 Å². The SMILES string of the molecule is CCOc1nc(NC(c2ccccc2)(c2ccccc2)c2ccccc2)nc2c1ncn2[C@@H]1O[C@](F)(C(=O)OC(C)(C)C)[C@@H](OC(c2ccccc2)(c2ccccc2)c2ccccc2)[C@@]1(C)F. The minimum Gasteiger partial charge on any atom is -0.476 e. The van der Waals surface area contributed by atoms with Crippen molar-refractivity contribution in [3.05, 3.63) is 222 Å². The quantitative estimate of drug-likeness (QED) is 0.0843. The van der Waals surface area contributed by atoms with Crippen molar-refractivity contribution in [2.75, 3.05) is 11.9 Å². The number of anilines is 1. The first-order valence-electron chi connectivity index (χ1n) is 22.3. The molecule has 0 bridgehead atoms. The van der Waals surface area contributed by atoms with Crippen LogP contribution >= 0.6 is 0 Å². The Morgan fingerprint density at radius 3 is 1.49 bits per heavy atom. The van der Waals surface area contributed by atoms with Gasteiger partial charge in [0, 0.05) is 0 Å². The number of esters is 1. The number of benzene rings is 6. The van der Waals surface area contributed by atoms with Gasteiger partial charge in [0.15, 0.2) is 29.2 Å². The van der Waals surface area contributed by atoms with Crippen LogP contribution in [0.3, 0.4) is 0 Å². The number of fused-ring (bicyclic) bond motifs is 1. The van der Waals surface area contributed by atoms with Gasteiger partial charge in [-0.25, -0.2) is 14.2 Å². The number of alkyl halides is 2. The average Bonchev–Trinajstić information content (AvgIpc) is 3.86. The maximum absolute atomic E-state index is 18.8. The monoisotopic (exact) mass is 899 g/mol. The van der Waals surface area contributed by atoms with E-state index >= 15 is 8.78 Å². The van der Waals surface area contributed by atoms with Crippen molar-refractivity contribution in [2.24, 2.45) is 0 Å². The number of ether oxygens (including phenoxy) is 4. The molecule has 1 aliphatic heterocycles. The molecule has 0 aliphatic carbocycles. The van der Waals surface area contributed by atoms with E-state index in [1.165, 1.54) is 10.9 Å². The number of nitrogens with one attached hydrogen (secondary N) is 1. The van der Waals surface area contributed by atoms with Gasteiger partial charge in [0.05, 0.1) is 12.9 Å². The molecule has 0 unspecified atom stereocenters. The number of carbonyl (C=O) groups excluding carboxylic acids is 1. The third-order valence-corrected chi connectivity index (χ3v) is 12.0. The standard InChI is InChI=1S/C55H51F2N5O5/c1-6-64-46-44-45(59-50(60-46)61-53(38-25-13-7-14-26-38,39-27-15-8-16-28-39)40-29-17-9-18-30-40)62(37-58-44)48-52(5,56)47(55(57,66-48)49(63)67-51(2,3)4)65-54(41-31-19-10-20-32-41,42-33-21-11-22-34-42)43-35-23-12-24-36-43/h7-37,47-48H,6H2,1-5H3,(H,59,60,61)/t47-,48+,52+,55-/m0/s1. The summed E-state index contributed by atoms with van der Waals surface area (Å²) in [6, 6.07) is 57.0. The van der Waals surface area contributed by atoms with Crippen molar-refractivity contribution >= 4 is 23.1 Å². The lowest BCUT2D eigenvalue weighted by atomic mass is 9.77. The lowest BCUT2D eigenvalue weighted by molar-refractivity contribution is -0.240. The molecule has 9 rings (SSSR count). The molecule has 1 saturated heterocycles. The van der Waals surface area contributed by atoms with Crippen molar-refractivity contribution in [1.82, 2.24) is 19.5 Å². The van der Waals surface area contributed by atoms with Crippen LogP contribution in [0.2, 0.25) is 0 Å². The summed E-state index contributed by atoms with van der Waals surface area (Å²) in [4.78, 5) is 29.0. The average molecular weight is 900 g/mol. The number of aromatic nitrogens is 4. The number of hydrogen-bond donors (Lipinski definition) is 1. The Balaban J connectivity index is 1.24. The lowest BCUT2D eigenvalue weighted by Gasteiger charge is -2.42. The zero-order valence-corrected chi connectivity index (χ0v) is 37.8. The summed E-state index contributed by atoms with van der Waals surface area (Å²) < 4.78 is 63.8. The summed E-state index contributed by atoms with van der Waals surface area (Å²) in [5, 5.41) is 3.66. The Kier molecular flexibility index (Phi) is 12.0. The fourth-order valence-electron chi connectivity index (χ4n) is 9.06. The molecule has 6 aromatic carbocycles. The van der Waals surface area contributed by atoms with Gasteiger partial charge in [-0.15, -0.1) is 0 Å². The molecule has 340 valence electrons. The minimum atomic E-state index is -3.54. The van der Waals surface area contributed by atoms with Crippen LogP contribution in [0, 0.1) is 0 Å². The molecule has 12 heteroatoms. The number of halogens is 2. The highest BCUT2D eigenvalue weighted by Crippen LogP contribution is 2.55. The Labute approximate surface area is 388 Å². The van der Waals surface area contributed by atoms with Gasteiger partial charge in [-0.1, -0.05) is 182 Å². The van der Waals surface area contributed by atoms with Crippen LogP contribution in [0.1, 0.15) is 74.2 Å². The van der Waals surface area contributed by atoms with E-state index in [1.807, 2.05) is 182 Å². The second kappa shape index (κ2) is 17.8. The summed E-state index contributed by atoms with van der Waals surface area (Å²) in [5.41, 5.74) is -2.37. The molecule has 0 radical (unpaired) electrons. The van der Waals surface area contributed by atoms with Gasteiger partial charge in [-0.3, -0.25) is 4.57 Å².